The number of alkyl halides is 2. The molecule has 7 rings (SSSR count). The fraction of sp³-hybridized carbons (Fsp3) is 0.185. The lowest BCUT2D eigenvalue weighted by atomic mass is 10.1. The Bertz CT molecular complexity index is 1780. The number of hydrogen-bond donors (Lipinski definition) is 2. The van der Waals surface area contributed by atoms with Crippen LogP contribution in [0.2, 0.25) is 0 Å². The number of nitrogens with one attached hydrogen (secondary N) is 2. The van der Waals surface area contributed by atoms with E-state index in [2.05, 4.69) is 35.1 Å². The first-order valence-electron chi connectivity index (χ1n) is 12.2. The number of halogens is 2. The zero-order valence-corrected chi connectivity index (χ0v) is 20.1. The lowest BCUT2D eigenvalue weighted by molar-refractivity contribution is 0.0115. The highest BCUT2D eigenvalue weighted by molar-refractivity contribution is 5.96. The zero-order valence-electron chi connectivity index (χ0n) is 20.1. The minimum Gasteiger partial charge on any atom is -0.335 e. The molecule has 9 nitrogen and oxygen atoms in total. The summed E-state index contributed by atoms with van der Waals surface area (Å²) < 4.78 is 27.2. The largest absolute Gasteiger partial charge is 0.335 e. The van der Waals surface area contributed by atoms with Gasteiger partial charge in [-0.15, -0.1) is 0 Å². The number of likely N-dealkylation sites (tertiary alicyclic amines) is 1. The van der Waals surface area contributed by atoms with Crippen LogP contribution in [0.25, 0.3) is 56.1 Å². The van der Waals surface area contributed by atoms with Crippen molar-refractivity contribution in [2.45, 2.75) is 18.9 Å². The number of fused-ring (bicyclic) bond motifs is 2. The van der Waals surface area contributed by atoms with Gasteiger partial charge in [0.1, 0.15) is 5.69 Å². The third-order valence-corrected chi connectivity index (χ3v) is 6.75. The summed E-state index contributed by atoms with van der Waals surface area (Å²) in [5, 5.41) is 8.36. The van der Waals surface area contributed by atoms with Crippen molar-refractivity contribution < 1.29 is 8.78 Å². The lowest BCUT2D eigenvalue weighted by Gasteiger charge is -2.15. The Morgan fingerprint density at radius 3 is 2.76 bits per heavy atom. The minimum absolute atomic E-state index is 0.109. The third kappa shape index (κ3) is 4.06. The predicted octanol–water partition coefficient (Wildman–Crippen LogP) is 4.86. The van der Waals surface area contributed by atoms with E-state index in [0.717, 1.165) is 38.8 Å². The predicted molar refractivity (Wildman–Crippen MR) is 138 cm³/mol. The maximum atomic E-state index is 13.6. The topological polar surface area (TPSA) is 112 Å². The van der Waals surface area contributed by atoms with Gasteiger partial charge in [0.25, 0.3) is 5.92 Å². The number of nitrogens with zero attached hydrogens (tertiary/aromatic N) is 7. The normalized spacial score (nSPS) is 15.5. The molecule has 0 unspecified atom stereocenters. The quantitative estimate of drug-likeness (QED) is 0.341. The third-order valence-electron chi connectivity index (χ3n) is 6.75. The first-order chi connectivity index (χ1) is 18.5. The van der Waals surface area contributed by atoms with Crippen LogP contribution in [-0.4, -0.2) is 64.0 Å². The first kappa shape index (κ1) is 22.5. The summed E-state index contributed by atoms with van der Waals surface area (Å²) in [7, 11) is 0. The average molecular weight is 510 g/mol. The fourth-order valence-corrected chi connectivity index (χ4v) is 4.93. The number of rotatable bonds is 5. The van der Waals surface area contributed by atoms with Crippen LogP contribution in [0.5, 0.6) is 0 Å². The fourth-order valence-electron chi connectivity index (χ4n) is 4.93. The molecule has 0 radical (unpaired) electrons. The summed E-state index contributed by atoms with van der Waals surface area (Å²) in [6, 6.07) is 11.5. The van der Waals surface area contributed by atoms with Crippen molar-refractivity contribution in [1.82, 2.24) is 45.0 Å². The number of pyridine rings is 4. The standard InChI is InChI=1S/C27H21F2N9/c28-27(29)5-8-38(15-27)14-16-9-17(12-30-11-16)21-10-19-22(13-33-21)36-37-24(19)26-34-23-18(4-7-32-25(23)35-26)20-3-1-2-6-31-20/h1-4,6-7,9-13H,5,8,14-15H2,(H,36,37)(H,32,34,35). The molecule has 0 aliphatic carbocycles. The van der Waals surface area contributed by atoms with E-state index in [4.69, 9.17) is 4.98 Å². The molecule has 7 heterocycles. The Labute approximate surface area is 215 Å². The van der Waals surface area contributed by atoms with Crippen LogP contribution in [0.3, 0.4) is 0 Å². The molecule has 2 N–H and O–H groups in total. The van der Waals surface area contributed by atoms with E-state index >= 15 is 0 Å². The summed E-state index contributed by atoms with van der Waals surface area (Å²) in [5.74, 6) is -2.05. The van der Waals surface area contributed by atoms with E-state index in [1.165, 1.54) is 0 Å². The summed E-state index contributed by atoms with van der Waals surface area (Å²) >= 11 is 0. The Morgan fingerprint density at radius 2 is 1.92 bits per heavy atom. The van der Waals surface area contributed by atoms with Gasteiger partial charge in [0, 0.05) is 60.8 Å². The molecule has 1 saturated heterocycles. The van der Waals surface area contributed by atoms with Gasteiger partial charge in [-0.1, -0.05) is 6.07 Å². The van der Waals surface area contributed by atoms with E-state index in [9.17, 15) is 8.78 Å². The number of H-pyrrole nitrogens is 2. The van der Waals surface area contributed by atoms with Crippen molar-refractivity contribution in [3.8, 4) is 34.0 Å². The molecule has 0 bridgehead atoms. The molecule has 1 aliphatic rings. The van der Waals surface area contributed by atoms with E-state index in [-0.39, 0.29) is 13.0 Å². The second-order valence-corrected chi connectivity index (χ2v) is 9.44. The number of aromatic nitrogens is 8. The highest BCUT2D eigenvalue weighted by Gasteiger charge is 2.37. The van der Waals surface area contributed by atoms with Crippen LogP contribution in [0.1, 0.15) is 12.0 Å². The van der Waals surface area contributed by atoms with Gasteiger partial charge in [0.05, 0.1) is 35.2 Å². The smallest absolute Gasteiger partial charge is 0.261 e. The van der Waals surface area contributed by atoms with Crippen LogP contribution in [0.4, 0.5) is 8.78 Å². The molecule has 6 aromatic heterocycles. The van der Waals surface area contributed by atoms with Crippen molar-refractivity contribution in [3.63, 3.8) is 0 Å². The molecule has 0 atom stereocenters. The lowest BCUT2D eigenvalue weighted by Crippen LogP contribution is -2.24. The van der Waals surface area contributed by atoms with Crippen LogP contribution in [0.15, 0.2) is 67.4 Å². The molecule has 188 valence electrons. The summed E-state index contributed by atoms with van der Waals surface area (Å²) in [6.45, 7) is 0.558. The summed E-state index contributed by atoms with van der Waals surface area (Å²) in [4.78, 5) is 27.6. The van der Waals surface area contributed by atoms with Gasteiger partial charge in [0.15, 0.2) is 11.5 Å². The molecular weight excluding hydrogens is 488 g/mol. The molecule has 0 spiro atoms. The minimum atomic E-state index is -2.63. The van der Waals surface area contributed by atoms with Gasteiger partial charge < -0.3 is 4.98 Å². The second kappa shape index (κ2) is 8.73. The Hall–Kier alpha value is -4.64. The van der Waals surface area contributed by atoms with Crippen molar-refractivity contribution in [2.24, 2.45) is 0 Å². The Balaban J connectivity index is 1.24. The number of hydrogen-bond acceptors (Lipinski definition) is 7. The maximum Gasteiger partial charge on any atom is 0.261 e. The highest BCUT2D eigenvalue weighted by Crippen LogP contribution is 2.32. The Morgan fingerprint density at radius 1 is 0.974 bits per heavy atom. The van der Waals surface area contributed by atoms with Crippen LogP contribution in [0, 0.1) is 0 Å². The van der Waals surface area contributed by atoms with Gasteiger partial charge in [-0.2, -0.15) is 5.10 Å². The Kier molecular flexibility index (Phi) is 5.18. The molecule has 1 aliphatic heterocycles. The van der Waals surface area contributed by atoms with Gasteiger partial charge in [-0.05, 0) is 35.9 Å². The average Bonchev–Trinajstić information content (AvgIpc) is 3.64. The molecule has 0 saturated carbocycles. The van der Waals surface area contributed by atoms with Crippen LogP contribution in [-0.2, 0) is 6.54 Å². The summed E-state index contributed by atoms with van der Waals surface area (Å²) in [6.07, 6.45) is 8.50. The monoisotopic (exact) mass is 509 g/mol. The number of imidazole rings is 1. The van der Waals surface area contributed by atoms with E-state index in [1.54, 1.807) is 35.9 Å². The van der Waals surface area contributed by atoms with Gasteiger partial charge in [-0.3, -0.25) is 25.0 Å². The molecular formula is C27H21F2N9. The number of aromatic amines is 2. The highest BCUT2D eigenvalue weighted by atomic mass is 19.3. The molecule has 1 fully saturated rings. The van der Waals surface area contributed by atoms with Gasteiger partial charge in [0.2, 0.25) is 0 Å². The molecule has 0 amide bonds. The van der Waals surface area contributed by atoms with E-state index in [1.807, 2.05) is 36.4 Å². The van der Waals surface area contributed by atoms with E-state index in [0.29, 0.717) is 35.9 Å². The van der Waals surface area contributed by atoms with Crippen molar-refractivity contribution >= 4 is 22.1 Å². The van der Waals surface area contributed by atoms with Crippen LogP contribution < -0.4 is 0 Å². The van der Waals surface area contributed by atoms with Crippen molar-refractivity contribution in [1.29, 1.82) is 0 Å². The van der Waals surface area contributed by atoms with Gasteiger partial charge >= 0.3 is 0 Å². The van der Waals surface area contributed by atoms with Crippen molar-refractivity contribution in [2.75, 3.05) is 13.1 Å². The molecule has 38 heavy (non-hydrogen) atoms. The maximum absolute atomic E-state index is 13.6. The second-order valence-electron chi connectivity index (χ2n) is 9.44. The van der Waals surface area contributed by atoms with E-state index < -0.39 is 5.92 Å². The zero-order chi connectivity index (χ0) is 25.7. The molecule has 11 heteroatoms. The SMILES string of the molecule is FC1(F)CCN(Cc2cncc(-c3cc4c(-c5nc6nccc(-c7ccccn7)c6[nH]5)n[nH]c4cn3)c2)C1. The van der Waals surface area contributed by atoms with Crippen molar-refractivity contribution in [3.05, 3.63) is 72.9 Å². The molecule has 0 aromatic carbocycles. The first-order valence-corrected chi connectivity index (χ1v) is 12.2. The van der Waals surface area contributed by atoms with Gasteiger partial charge in [-0.25, -0.2) is 18.7 Å². The summed E-state index contributed by atoms with van der Waals surface area (Å²) in [5.41, 5.74) is 6.81. The molecule has 6 aromatic rings. The van der Waals surface area contributed by atoms with Crippen LogP contribution >= 0.6 is 0 Å².